The Hall–Kier alpha value is 0.270. The highest BCUT2D eigenvalue weighted by Gasteiger charge is 2.30. The first-order valence-electron chi connectivity index (χ1n) is 5.49. The summed E-state index contributed by atoms with van der Waals surface area (Å²) >= 11 is 1.93. The topological polar surface area (TPSA) is 21.3 Å². The second kappa shape index (κ2) is 6.70. The molecule has 1 N–H and O–H groups in total. The zero-order valence-corrected chi connectivity index (χ0v) is 10.4. The largest absolute Gasteiger partial charge is 0.383 e. The summed E-state index contributed by atoms with van der Waals surface area (Å²) in [5.74, 6) is 2.90. The van der Waals surface area contributed by atoms with Crippen LogP contribution < -0.4 is 5.32 Å². The van der Waals surface area contributed by atoms with Gasteiger partial charge in [0.1, 0.15) is 0 Å². The zero-order chi connectivity index (χ0) is 10.4. The van der Waals surface area contributed by atoms with Crippen LogP contribution in [0.25, 0.3) is 0 Å². The van der Waals surface area contributed by atoms with Gasteiger partial charge < -0.3 is 10.1 Å². The smallest absolute Gasteiger partial charge is 0.0618 e. The molecule has 0 aromatic carbocycles. The molecule has 1 fully saturated rings. The molecule has 84 valence electrons. The van der Waals surface area contributed by atoms with Gasteiger partial charge in [0.2, 0.25) is 0 Å². The normalized spacial score (nSPS) is 20.8. The number of ether oxygens (including phenoxy) is 1. The van der Waals surface area contributed by atoms with Crippen molar-refractivity contribution >= 4 is 11.8 Å². The lowest BCUT2D eigenvalue weighted by Gasteiger charge is -2.19. The Labute approximate surface area is 92.2 Å². The number of nitrogens with one attached hydrogen (secondary N) is 1. The molecule has 1 aliphatic rings. The lowest BCUT2D eigenvalue weighted by Crippen LogP contribution is -2.38. The Kier molecular flexibility index (Phi) is 5.90. The van der Waals surface area contributed by atoms with Gasteiger partial charge in [-0.25, -0.2) is 0 Å². The molecule has 1 rings (SSSR count). The Morgan fingerprint density at radius 1 is 1.50 bits per heavy atom. The third-order valence-corrected chi connectivity index (χ3v) is 3.62. The summed E-state index contributed by atoms with van der Waals surface area (Å²) < 4.78 is 5.23. The van der Waals surface area contributed by atoms with E-state index in [2.05, 4.69) is 18.5 Å². The van der Waals surface area contributed by atoms with Gasteiger partial charge in [0.05, 0.1) is 6.61 Å². The molecule has 0 aliphatic heterocycles. The van der Waals surface area contributed by atoms with Crippen LogP contribution in [0.3, 0.4) is 0 Å². The second-order valence-corrected chi connectivity index (χ2v) is 5.28. The minimum absolute atomic E-state index is 0.601. The summed E-state index contributed by atoms with van der Waals surface area (Å²) in [6.07, 6.45) is 4.94. The molecule has 1 saturated carbocycles. The molecule has 0 spiro atoms. The van der Waals surface area contributed by atoms with Gasteiger partial charge in [-0.1, -0.05) is 6.92 Å². The van der Waals surface area contributed by atoms with Crippen molar-refractivity contribution in [1.82, 2.24) is 5.32 Å². The molecule has 2 unspecified atom stereocenters. The van der Waals surface area contributed by atoms with Crippen molar-refractivity contribution in [3.05, 3.63) is 0 Å². The summed E-state index contributed by atoms with van der Waals surface area (Å²) in [4.78, 5) is 0. The van der Waals surface area contributed by atoms with E-state index in [4.69, 9.17) is 4.74 Å². The van der Waals surface area contributed by atoms with Crippen LogP contribution in [0.1, 0.15) is 19.8 Å². The fourth-order valence-corrected chi connectivity index (χ4v) is 2.42. The van der Waals surface area contributed by atoms with Crippen molar-refractivity contribution in [3.8, 4) is 0 Å². The van der Waals surface area contributed by atoms with E-state index in [1.165, 1.54) is 18.6 Å². The van der Waals surface area contributed by atoms with Crippen molar-refractivity contribution in [3.63, 3.8) is 0 Å². The van der Waals surface area contributed by atoms with E-state index in [0.29, 0.717) is 6.04 Å². The molecule has 1 aliphatic carbocycles. The van der Waals surface area contributed by atoms with Crippen LogP contribution in [-0.2, 0) is 4.74 Å². The van der Waals surface area contributed by atoms with Gasteiger partial charge >= 0.3 is 0 Å². The fraction of sp³-hybridized carbons (Fsp3) is 1.00. The van der Waals surface area contributed by atoms with E-state index in [-0.39, 0.29) is 0 Å². The summed E-state index contributed by atoms with van der Waals surface area (Å²) in [6.45, 7) is 4.31. The van der Waals surface area contributed by atoms with E-state index in [1.807, 2.05) is 11.8 Å². The molecule has 0 aromatic heterocycles. The lowest BCUT2D eigenvalue weighted by molar-refractivity contribution is 0.156. The average Bonchev–Trinajstić information content (AvgIpc) is 2.96. The van der Waals surface area contributed by atoms with Gasteiger partial charge in [-0.2, -0.15) is 11.8 Å². The number of thioether (sulfide) groups is 1. The predicted molar refractivity (Wildman–Crippen MR) is 63.9 cm³/mol. The highest BCUT2D eigenvalue weighted by molar-refractivity contribution is 7.98. The van der Waals surface area contributed by atoms with Crippen LogP contribution in [0.2, 0.25) is 0 Å². The Bertz CT molecular complexity index is 150. The summed E-state index contributed by atoms with van der Waals surface area (Å²) in [5, 5.41) is 3.63. The third-order valence-electron chi connectivity index (χ3n) is 2.72. The number of hydrogen-bond acceptors (Lipinski definition) is 3. The van der Waals surface area contributed by atoms with E-state index in [9.17, 15) is 0 Å². The maximum atomic E-state index is 5.23. The van der Waals surface area contributed by atoms with Crippen molar-refractivity contribution in [2.75, 3.05) is 32.3 Å². The highest BCUT2D eigenvalue weighted by Crippen LogP contribution is 2.32. The molecule has 3 heteroatoms. The lowest BCUT2D eigenvalue weighted by atomic mass is 10.1. The second-order valence-electron chi connectivity index (χ2n) is 4.37. The standard InChI is InChI=1S/C11H23NOS/c1-9(8-14-3)6-12-11(7-13-2)10-4-5-10/h9-12H,4-8H2,1-3H3. The van der Waals surface area contributed by atoms with Gasteiger partial charge in [0, 0.05) is 13.2 Å². The number of rotatable bonds is 8. The van der Waals surface area contributed by atoms with Crippen LogP contribution in [0, 0.1) is 11.8 Å². The van der Waals surface area contributed by atoms with Crippen LogP contribution >= 0.6 is 11.8 Å². The minimum Gasteiger partial charge on any atom is -0.383 e. The quantitative estimate of drug-likeness (QED) is 0.672. The Balaban J connectivity index is 2.12. The van der Waals surface area contributed by atoms with Crippen molar-refractivity contribution in [1.29, 1.82) is 0 Å². The maximum absolute atomic E-state index is 5.23. The molecule has 0 amide bonds. The van der Waals surface area contributed by atoms with Crippen molar-refractivity contribution < 1.29 is 4.74 Å². The first-order chi connectivity index (χ1) is 6.77. The van der Waals surface area contributed by atoms with Gasteiger partial charge in [0.25, 0.3) is 0 Å². The molecule has 0 radical (unpaired) electrons. The molecule has 14 heavy (non-hydrogen) atoms. The molecule has 0 bridgehead atoms. The zero-order valence-electron chi connectivity index (χ0n) is 9.58. The molecule has 2 atom stereocenters. The minimum atomic E-state index is 0.601. The van der Waals surface area contributed by atoms with Gasteiger partial charge in [-0.15, -0.1) is 0 Å². The van der Waals surface area contributed by atoms with Crippen LogP contribution in [0.5, 0.6) is 0 Å². The first kappa shape index (κ1) is 12.3. The van der Waals surface area contributed by atoms with Crippen molar-refractivity contribution in [2.45, 2.75) is 25.8 Å². The van der Waals surface area contributed by atoms with Crippen LogP contribution in [0.15, 0.2) is 0 Å². The SMILES string of the molecule is COCC(NCC(C)CSC)C1CC1. The van der Waals surface area contributed by atoms with Crippen LogP contribution in [-0.4, -0.2) is 38.3 Å². The summed E-state index contributed by atoms with van der Waals surface area (Å²) in [6, 6.07) is 0.601. The fourth-order valence-electron chi connectivity index (χ4n) is 1.74. The van der Waals surface area contributed by atoms with E-state index in [1.54, 1.807) is 7.11 Å². The Morgan fingerprint density at radius 3 is 2.71 bits per heavy atom. The Morgan fingerprint density at radius 2 is 2.21 bits per heavy atom. The number of methoxy groups -OCH3 is 1. The molecule has 2 nitrogen and oxygen atoms in total. The molecular formula is C11H23NOS. The summed E-state index contributed by atoms with van der Waals surface area (Å²) in [7, 11) is 1.79. The van der Waals surface area contributed by atoms with Gasteiger partial charge in [-0.3, -0.25) is 0 Å². The molecule has 0 saturated heterocycles. The third kappa shape index (κ3) is 4.67. The van der Waals surface area contributed by atoms with Crippen LogP contribution in [0.4, 0.5) is 0 Å². The molecule has 0 heterocycles. The first-order valence-corrected chi connectivity index (χ1v) is 6.88. The monoisotopic (exact) mass is 217 g/mol. The molecular weight excluding hydrogens is 194 g/mol. The highest BCUT2D eigenvalue weighted by atomic mass is 32.2. The average molecular weight is 217 g/mol. The van der Waals surface area contributed by atoms with E-state index >= 15 is 0 Å². The predicted octanol–water partition coefficient (Wildman–Crippen LogP) is 2.00. The van der Waals surface area contributed by atoms with Gasteiger partial charge in [-0.05, 0) is 43.2 Å². The van der Waals surface area contributed by atoms with E-state index < -0.39 is 0 Å². The maximum Gasteiger partial charge on any atom is 0.0618 e. The molecule has 0 aromatic rings. The van der Waals surface area contributed by atoms with E-state index in [0.717, 1.165) is 25.0 Å². The number of hydrogen-bond donors (Lipinski definition) is 1. The van der Waals surface area contributed by atoms with Crippen molar-refractivity contribution in [2.24, 2.45) is 11.8 Å². The van der Waals surface area contributed by atoms with Gasteiger partial charge in [0.15, 0.2) is 0 Å². The summed E-state index contributed by atoms with van der Waals surface area (Å²) in [5.41, 5.74) is 0.